The predicted molar refractivity (Wildman–Crippen MR) is 121 cm³/mol. The highest BCUT2D eigenvalue weighted by atomic mass is 127. The Bertz CT molecular complexity index is 792. The molecule has 0 amide bonds. The van der Waals surface area contributed by atoms with Crippen LogP contribution in [0, 0.1) is 5.82 Å². The molecular formula is C21H28FIN4. The zero-order chi connectivity index (χ0) is 18.5. The third-order valence-corrected chi connectivity index (χ3v) is 4.95. The lowest BCUT2D eigenvalue weighted by atomic mass is 9.90. The van der Waals surface area contributed by atoms with Gasteiger partial charge in [0.1, 0.15) is 5.82 Å². The van der Waals surface area contributed by atoms with Crippen molar-refractivity contribution in [2.45, 2.75) is 31.7 Å². The lowest BCUT2D eigenvalue weighted by Gasteiger charge is -2.23. The smallest absolute Gasteiger partial charge is 0.193 e. The minimum absolute atomic E-state index is 0. The number of anilines is 1. The Balaban J connectivity index is 0.00000261. The summed E-state index contributed by atoms with van der Waals surface area (Å²) in [5.74, 6) is 0.160. The summed E-state index contributed by atoms with van der Waals surface area (Å²) in [5, 5.41) is 3.26. The van der Waals surface area contributed by atoms with E-state index in [9.17, 15) is 4.39 Å². The van der Waals surface area contributed by atoms with Gasteiger partial charge in [-0.25, -0.2) is 4.39 Å². The largest absolute Gasteiger partial charge is 0.370 e. The Hall–Kier alpha value is -1.67. The van der Waals surface area contributed by atoms with Crippen molar-refractivity contribution in [3.63, 3.8) is 0 Å². The normalized spacial score (nSPS) is 15.0. The Labute approximate surface area is 178 Å². The van der Waals surface area contributed by atoms with Crippen LogP contribution in [-0.4, -0.2) is 31.5 Å². The van der Waals surface area contributed by atoms with Crippen molar-refractivity contribution in [2.75, 3.05) is 26.0 Å². The number of guanidine groups is 1. The van der Waals surface area contributed by atoms with Crippen LogP contribution in [0.1, 0.15) is 35.6 Å². The van der Waals surface area contributed by atoms with Crippen molar-refractivity contribution < 1.29 is 4.39 Å². The molecule has 0 aromatic heterocycles. The van der Waals surface area contributed by atoms with Crippen LogP contribution in [0.5, 0.6) is 0 Å². The zero-order valence-corrected chi connectivity index (χ0v) is 18.2. The molecule has 0 radical (unpaired) electrons. The van der Waals surface area contributed by atoms with Crippen molar-refractivity contribution in [1.29, 1.82) is 0 Å². The van der Waals surface area contributed by atoms with Gasteiger partial charge in [-0.3, -0.25) is 4.99 Å². The van der Waals surface area contributed by atoms with E-state index in [1.807, 2.05) is 25.1 Å². The molecule has 3 N–H and O–H groups in total. The van der Waals surface area contributed by atoms with Gasteiger partial charge in [0, 0.05) is 5.69 Å². The third kappa shape index (κ3) is 5.65. The Morgan fingerprint density at radius 1 is 1.19 bits per heavy atom. The summed E-state index contributed by atoms with van der Waals surface area (Å²) in [6.07, 6.45) is 4.67. The SMILES string of the molecule is CN(C)C(CN=C(N)Nc1cccc2c1CCCC2)c1cccc(F)c1.I. The van der Waals surface area contributed by atoms with E-state index in [2.05, 4.69) is 28.5 Å². The minimum Gasteiger partial charge on any atom is -0.370 e. The summed E-state index contributed by atoms with van der Waals surface area (Å²) in [4.78, 5) is 6.54. The van der Waals surface area contributed by atoms with Crippen LogP contribution < -0.4 is 11.1 Å². The van der Waals surface area contributed by atoms with Crippen molar-refractivity contribution in [3.8, 4) is 0 Å². The van der Waals surface area contributed by atoms with Crippen LogP contribution in [0.4, 0.5) is 10.1 Å². The van der Waals surface area contributed by atoms with E-state index in [-0.39, 0.29) is 35.8 Å². The maximum Gasteiger partial charge on any atom is 0.193 e. The molecule has 2 aromatic carbocycles. The molecule has 4 nitrogen and oxygen atoms in total. The van der Waals surface area contributed by atoms with Gasteiger partial charge >= 0.3 is 0 Å². The number of benzene rings is 2. The molecule has 0 fully saturated rings. The van der Waals surface area contributed by atoms with E-state index in [4.69, 9.17) is 5.73 Å². The number of halogens is 2. The molecule has 1 aliphatic carbocycles. The second kappa shape index (κ2) is 10.0. The fraction of sp³-hybridized carbons (Fsp3) is 0.381. The van der Waals surface area contributed by atoms with E-state index in [0.29, 0.717) is 12.5 Å². The minimum atomic E-state index is -0.236. The first-order valence-corrected chi connectivity index (χ1v) is 9.14. The molecule has 0 aliphatic heterocycles. The lowest BCUT2D eigenvalue weighted by molar-refractivity contribution is 0.306. The summed E-state index contributed by atoms with van der Waals surface area (Å²) in [5.41, 5.74) is 10.8. The van der Waals surface area contributed by atoms with Gasteiger partial charge in [0.25, 0.3) is 0 Å². The topological polar surface area (TPSA) is 53.6 Å². The van der Waals surface area contributed by atoms with Crippen LogP contribution in [0.15, 0.2) is 47.5 Å². The third-order valence-electron chi connectivity index (χ3n) is 4.95. The van der Waals surface area contributed by atoms with Gasteiger partial charge in [-0.15, -0.1) is 24.0 Å². The molecule has 0 saturated carbocycles. The summed E-state index contributed by atoms with van der Waals surface area (Å²) in [6.45, 7) is 0.463. The highest BCUT2D eigenvalue weighted by Crippen LogP contribution is 2.27. The number of hydrogen-bond donors (Lipinski definition) is 2. The van der Waals surface area contributed by atoms with Crippen LogP contribution in [0.25, 0.3) is 0 Å². The molecular weight excluding hydrogens is 454 g/mol. The molecule has 0 bridgehead atoms. The highest BCUT2D eigenvalue weighted by Gasteiger charge is 2.16. The Morgan fingerprint density at radius 3 is 2.67 bits per heavy atom. The van der Waals surface area contributed by atoms with E-state index in [1.54, 1.807) is 12.1 Å². The van der Waals surface area contributed by atoms with Crippen molar-refractivity contribution >= 4 is 35.6 Å². The lowest BCUT2D eigenvalue weighted by Crippen LogP contribution is -2.28. The zero-order valence-electron chi connectivity index (χ0n) is 15.9. The summed E-state index contributed by atoms with van der Waals surface area (Å²) >= 11 is 0. The number of aliphatic imine (C=N–C) groups is 1. The highest BCUT2D eigenvalue weighted by molar-refractivity contribution is 14.0. The number of aryl methyl sites for hydroxylation is 1. The van der Waals surface area contributed by atoms with E-state index >= 15 is 0 Å². The average molecular weight is 482 g/mol. The van der Waals surface area contributed by atoms with E-state index in [0.717, 1.165) is 24.1 Å². The van der Waals surface area contributed by atoms with Crippen molar-refractivity contribution in [1.82, 2.24) is 4.90 Å². The second-order valence-corrected chi connectivity index (χ2v) is 7.04. The molecule has 27 heavy (non-hydrogen) atoms. The van der Waals surface area contributed by atoms with Gasteiger partial charge in [-0.05, 0) is 74.7 Å². The van der Waals surface area contributed by atoms with E-state index < -0.39 is 0 Å². The number of rotatable bonds is 5. The maximum atomic E-state index is 13.5. The first kappa shape index (κ1) is 21.6. The quantitative estimate of drug-likeness (QED) is 0.379. The predicted octanol–water partition coefficient (Wildman–Crippen LogP) is 4.35. The molecule has 6 heteroatoms. The molecule has 0 spiro atoms. The molecule has 146 valence electrons. The Kier molecular flexibility index (Phi) is 8.04. The molecule has 1 atom stereocenters. The second-order valence-electron chi connectivity index (χ2n) is 7.04. The van der Waals surface area contributed by atoms with Gasteiger partial charge in [0.05, 0.1) is 12.6 Å². The molecule has 3 rings (SSSR count). The van der Waals surface area contributed by atoms with Gasteiger partial charge in [0.2, 0.25) is 0 Å². The monoisotopic (exact) mass is 482 g/mol. The number of fused-ring (bicyclic) bond motifs is 1. The van der Waals surface area contributed by atoms with Crippen LogP contribution in [0.3, 0.4) is 0 Å². The number of likely N-dealkylation sites (N-methyl/N-ethyl adjacent to an activating group) is 1. The number of nitrogens with zero attached hydrogens (tertiary/aromatic N) is 2. The average Bonchev–Trinajstić information content (AvgIpc) is 2.62. The molecule has 0 heterocycles. The van der Waals surface area contributed by atoms with E-state index in [1.165, 1.54) is 30.0 Å². The Morgan fingerprint density at radius 2 is 1.93 bits per heavy atom. The van der Waals surface area contributed by atoms with Gasteiger partial charge in [0.15, 0.2) is 5.96 Å². The van der Waals surface area contributed by atoms with Crippen LogP contribution in [0.2, 0.25) is 0 Å². The summed E-state index contributed by atoms with van der Waals surface area (Å²) < 4.78 is 13.5. The summed E-state index contributed by atoms with van der Waals surface area (Å²) in [7, 11) is 3.92. The standard InChI is InChI=1S/C21H27FN4.HI/c1-26(2)20(16-9-5-10-17(22)13-16)14-24-21(23)25-19-12-6-8-15-7-3-4-11-18(15)19;/h5-6,8-10,12-13,20H,3-4,7,11,14H2,1-2H3,(H3,23,24,25);1H. The van der Waals surface area contributed by atoms with Crippen molar-refractivity contribution in [3.05, 3.63) is 65.0 Å². The first-order valence-electron chi connectivity index (χ1n) is 9.14. The van der Waals surface area contributed by atoms with Crippen LogP contribution >= 0.6 is 24.0 Å². The molecule has 1 aliphatic rings. The first-order chi connectivity index (χ1) is 12.5. The molecule has 1 unspecified atom stereocenters. The number of nitrogens with two attached hydrogens (primary N) is 1. The fourth-order valence-corrected chi connectivity index (χ4v) is 3.54. The van der Waals surface area contributed by atoms with Gasteiger partial charge in [-0.1, -0.05) is 24.3 Å². The molecule has 0 saturated heterocycles. The van der Waals surface area contributed by atoms with Crippen LogP contribution in [-0.2, 0) is 12.8 Å². The summed E-state index contributed by atoms with van der Waals surface area (Å²) in [6, 6.07) is 12.9. The maximum absolute atomic E-state index is 13.5. The van der Waals surface area contributed by atoms with Gasteiger partial charge < -0.3 is 16.0 Å². The number of hydrogen-bond acceptors (Lipinski definition) is 2. The number of nitrogens with one attached hydrogen (secondary N) is 1. The van der Waals surface area contributed by atoms with Gasteiger partial charge in [-0.2, -0.15) is 0 Å². The molecule has 2 aromatic rings. The van der Waals surface area contributed by atoms with Crippen molar-refractivity contribution in [2.24, 2.45) is 10.7 Å². The fourth-order valence-electron chi connectivity index (χ4n) is 3.54.